The third-order valence-corrected chi connectivity index (χ3v) is 5.46. The molecule has 5 nitrogen and oxygen atoms in total. The molecule has 1 aromatic heterocycles. The van der Waals surface area contributed by atoms with E-state index in [0.29, 0.717) is 10.6 Å². The summed E-state index contributed by atoms with van der Waals surface area (Å²) in [5.41, 5.74) is 3.24. The first-order valence-corrected chi connectivity index (χ1v) is 10.1. The molecule has 0 radical (unpaired) electrons. The quantitative estimate of drug-likeness (QED) is 0.653. The number of aromatic nitrogens is 1. The minimum absolute atomic E-state index is 0.0447. The van der Waals surface area contributed by atoms with Gasteiger partial charge in [0.1, 0.15) is 5.03 Å². The van der Waals surface area contributed by atoms with Crippen LogP contribution in [-0.4, -0.2) is 35.3 Å². The van der Waals surface area contributed by atoms with Crippen molar-refractivity contribution >= 4 is 29.3 Å². The van der Waals surface area contributed by atoms with Crippen LogP contribution < -0.4 is 5.32 Å². The Labute approximate surface area is 175 Å². The van der Waals surface area contributed by atoms with Crippen molar-refractivity contribution in [1.82, 2.24) is 9.88 Å². The fourth-order valence-electron chi connectivity index (χ4n) is 2.92. The highest BCUT2D eigenvalue weighted by atomic mass is 32.2. The van der Waals surface area contributed by atoms with Gasteiger partial charge in [0.2, 0.25) is 5.91 Å². The lowest BCUT2D eigenvalue weighted by Gasteiger charge is -2.19. The molecule has 0 bridgehead atoms. The van der Waals surface area contributed by atoms with Crippen molar-refractivity contribution in [3.05, 3.63) is 83.6 Å². The fourth-order valence-corrected chi connectivity index (χ4v) is 3.81. The first kappa shape index (κ1) is 20.6. The summed E-state index contributed by atoms with van der Waals surface area (Å²) in [4.78, 5) is 32.3. The van der Waals surface area contributed by atoms with Crippen molar-refractivity contribution < 1.29 is 9.59 Å². The minimum Gasteiger partial charge on any atom is -0.332 e. The number of hydrogen-bond donors (Lipinski definition) is 1. The summed E-state index contributed by atoms with van der Waals surface area (Å²) < 4.78 is 0. The highest BCUT2D eigenvalue weighted by molar-refractivity contribution is 7.99. The summed E-state index contributed by atoms with van der Waals surface area (Å²) in [6.07, 6.45) is 1.66. The van der Waals surface area contributed by atoms with Gasteiger partial charge >= 0.3 is 0 Å². The van der Waals surface area contributed by atoms with Crippen LogP contribution in [0.1, 0.15) is 21.5 Å². The number of amides is 2. The molecule has 3 rings (SSSR count). The Bertz CT molecular complexity index is 1000. The number of benzene rings is 2. The molecule has 29 heavy (non-hydrogen) atoms. The van der Waals surface area contributed by atoms with Gasteiger partial charge in [-0.25, -0.2) is 4.98 Å². The predicted octanol–water partition coefficient (Wildman–Crippen LogP) is 4.56. The van der Waals surface area contributed by atoms with E-state index in [1.165, 1.54) is 16.7 Å². The molecule has 6 heteroatoms. The van der Waals surface area contributed by atoms with Gasteiger partial charge in [0.25, 0.3) is 5.91 Å². The van der Waals surface area contributed by atoms with Crippen molar-refractivity contribution in [3.63, 3.8) is 0 Å². The maximum atomic E-state index is 13.0. The van der Waals surface area contributed by atoms with Crippen LogP contribution in [0.15, 0.2) is 76.8 Å². The zero-order chi connectivity index (χ0) is 20.8. The van der Waals surface area contributed by atoms with E-state index in [0.717, 1.165) is 21.7 Å². The van der Waals surface area contributed by atoms with Crippen molar-refractivity contribution in [1.29, 1.82) is 0 Å². The molecule has 3 aromatic rings. The van der Waals surface area contributed by atoms with Gasteiger partial charge in [-0.2, -0.15) is 0 Å². The molecule has 2 aromatic carbocycles. The number of rotatable bonds is 6. The largest absolute Gasteiger partial charge is 0.332 e. The Morgan fingerprint density at radius 1 is 0.966 bits per heavy atom. The van der Waals surface area contributed by atoms with Gasteiger partial charge in [-0.3, -0.25) is 9.59 Å². The third kappa shape index (κ3) is 5.23. The highest BCUT2D eigenvalue weighted by Crippen LogP contribution is 2.29. The van der Waals surface area contributed by atoms with Crippen molar-refractivity contribution in [2.75, 3.05) is 18.9 Å². The van der Waals surface area contributed by atoms with E-state index < -0.39 is 0 Å². The van der Waals surface area contributed by atoms with Crippen LogP contribution >= 0.6 is 11.8 Å². The topological polar surface area (TPSA) is 62.3 Å². The van der Waals surface area contributed by atoms with E-state index >= 15 is 0 Å². The number of carbonyl (C=O) groups excluding carboxylic acids is 2. The number of likely N-dealkylation sites (N-methyl/N-ethyl adjacent to an activating group) is 1. The van der Waals surface area contributed by atoms with Crippen LogP contribution in [0.4, 0.5) is 5.69 Å². The number of nitrogens with one attached hydrogen (secondary N) is 1. The molecule has 0 fully saturated rings. The molecule has 0 saturated heterocycles. The van der Waals surface area contributed by atoms with Gasteiger partial charge in [-0.1, -0.05) is 48.2 Å². The van der Waals surface area contributed by atoms with Crippen molar-refractivity contribution in [3.8, 4) is 0 Å². The highest BCUT2D eigenvalue weighted by Gasteiger charge is 2.20. The number of pyridine rings is 1. The summed E-state index contributed by atoms with van der Waals surface area (Å²) in [5.74, 6) is -0.479. The Morgan fingerprint density at radius 2 is 1.66 bits per heavy atom. The summed E-state index contributed by atoms with van der Waals surface area (Å²) in [5, 5.41) is 3.53. The smallest absolute Gasteiger partial charge is 0.256 e. The fraction of sp³-hybridized carbons (Fsp3) is 0.174. The van der Waals surface area contributed by atoms with E-state index in [9.17, 15) is 9.59 Å². The van der Waals surface area contributed by atoms with Crippen molar-refractivity contribution in [2.24, 2.45) is 0 Å². The van der Waals surface area contributed by atoms with Crippen LogP contribution in [-0.2, 0) is 4.79 Å². The molecule has 0 saturated carbocycles. The Hall–Kier alpha value is -3.12. The lowest BCUT2D eigenvalue weighted by molar-refractivity contribution is -0.116. The van der Waals surface area contributed by atoms with Crippen LogP contribution in [0.25, 0.3) is 0 Å². The maximum absolute atomic E-state index is 13.0. The van der Waals surface area contributed by atoms with E-state index in [2.05, 4.69) is 10.3 Å². The van der Waals surface area contributed by atoms with E-state index in [1.54, 1.807) is 25.4 Å². The molecule has 148 valence electrons. The number of anilines is 1. The monoisotopic (exact) mass is 405 g/mol. The van der Waals surface area contributed by atoms with Crippen LogP contribution in [0.3, 0.4) is 0 Å². The van der Waals surface area contributed by atoms with E-state index in [4.69, 9.17) is 0 Å². The third-order valence-electron chi connectivity index (χ3n) is 4.43. The molecular formula is C23H23N3O2S. The van der Waals surface area contributed by atoms with E-state index in [-0.39, 0.29) is 18.4 Å². The predicted molar refractivity (Wildman–Crippen MR) is 116 cm³/mol. The summed E-state index contributed by atoms with van der Waals surface area (Å²) in [7, 11) is 1.62. The SMILES string of the molecule is Cc1cccc(C)c1NC(=O)CN(C)C(=O)c1cccnc1Sc1ccccc1. The average Bonchev–Trinajstić information content (AvgIpc) is 2.71. The number of para-hydroxylation sites is 1. The average molecular weight is 406 g/mol. The molecule has 0 aliphatic heterocycles. The molecule has 0 aliphatic rings. The summed E-state index contributed by atoms with van der Waals surface area (Å²) >= 11 is 1.43. The molecule has 0 aliphatic carbocycles. The van der Waals surface area contributed by atoms with Gasteiger partial charge < -0.3 is 10.2 Å². The number of aryl methyl sites for hydroxylation is 2. The minimum atomic E-state index is -0.242. The standard InChI is InChI=1S/C23H23N3O2S/c1-16-9-7-10-17(2)21(16)25-20(27)15-26(3)23(28)19-13-8-14-24-22(19)29-18-11-5-4-6-12-18/h4-14H,15H2,1-3H3,(H,25,27). The first-order chi connectivity index (χ1) is 14.0. The Balaban J connectivity index is 1.71. The van der Waals surface area contributed by atoms with Crippen molar-refractivity contribution in [2.45, 2.75) is 23.8 Å². The number of carbonyl (C=O) groups is 2. The van der Waals surface area contributed by atoms with E-state index in [1.807, 2.05) is 62.4 Å². The van der Waals surface area contributed by atoms with Crippen LogP contribution in [0.2, 0.25) is 0 Å². The number of hydrogen-bond acceptors (Lipinski definition) is 4. The normalized spacial score (nSPS) is 10.4. The zero-order valence-electron chi connectivity index (χ0n) is 16.7. The Kier molecular flexibility index (Phi) is 6.67. The Morgan fingerprint density at radius 3 is 2.34 bits per heavy atom. The van der Waals surface area contributed by atoms with Gasteiger partial charge in [0.15, 0.2) is 0 Å². The van der Waals surface area contributed by atoms with Gasteiger partial charge in [-0.05, 0) is 49.2 Å². The van der Waals surface area contributed by atoms with Gasteiger partial charge in [0, 0.05) is 23.8 Å². The molecule has 1 N–H and O–H groups in total. The second-order valence-corrected chi connectivity index (χ2v) is 7.81. The molecule has 0 unspecified atom stereocenters. The zero-order valence-corrected chi connectivity index (χ0v) is 17.5. The molecule has 0 atom stereocenters. The maximum Gasteiger partial charge on any atom is 0.256 e. The lowest BCUT2D eigenvalue weighted by Crippen LogP contribution is -2.35. The second-order valence-electron chi connectivity index (χ2n) is 6.75. The molecule has 0 spiro atoms. The van der Waals surface area contributed by atoms with Crippen LogP contribution in [0.5, 0.6) is 0 Å². The summed E-state index contributed by atoms with van der Waals surface area (Å²) in [6, 6.07) is 19.1. The lowest BCUT2D eigenvalue weighted by atomic mass is 10.1. The summed E-state index contributed by atoms with van der Waals surface area (Å²) in [6.45, 7) is 3.84. The van der Waals surface area contributed by atoms with Gasteiger partial charge in [-0.15, -0.1) is 0 Å². The van der Waals surface area contributed by atoms with Crippen LogP contribution in [0, 0.1) is 13.8 Å². The molecule has 1 heterocycles. The number of nitrogens with zero attached hydrogens (tertiary/aromatic N) is 2. The first-order valence-electron chi connectivity index (χ1n) is 9.25. The van der Waals surface area contributed by atoms with Gasteiger partial charge in [0.05, 0.1) is 12.1 Å². The molecule has 2 amide bonds. The molecular weight excluding hydrogens is 382 g/mol. The second kappa shape index (κ2) is 9.39.